The Bertz CT molecular complexity index is 1140. The van der Waals surface area contributed by atoms with E-state index in [-0.39, 0.29) is 11.7 Å². The fraction of sp³-hybridized carbons (Fsp3) is 0.143. The van der Waals surface area contributed by atoms with Crippen LogP contribution < -0.4 is 5.32 Å². The van der Waals surface area contributed by atoms with Crippen molar-refractivity contribution in [3.63, 3.8) is 0 Å². The Morgan fingerprint density at radius 1 is 1.00 bits per heavy atom. The van der Waals surface area contributed by atoms with Crippen LogP contribution >= 0.6 is 11.8 Å². The first-order valence-corrected chi connectivity index (χ1v) is 9.87. The zero-order valence-electron chi connectivity index (χ0n) is 15.6. The summed E-state index contributed by atoms with van der Waals surface area (Å²) in [5.74, 6) is 0.889. The lowest BCUT2D eigenvalue weighted by Gasteiger charge is -2.10. The van der Waals surface area contributed by atoms with Gasteiger partial charge in [0.1, 0.15) is 5.03 Å². The van der Waals surface area contributed by atoms with Gasteiger partial charge in [0.2, 0.25) is 5.91 Å². The van der Waals surface area contributed by atoms with Crippen LogP contribution in [-0.4, -0.2) is 31.5 Å². The number of hydrogen-bond donors (Lipinski definition) is 1. The average molecular weight is 389 g/mol. The zero-order chi connectivity index (χ0) is 19.5. The minimum atomic E-state index is -0.0624. The standard InChI is InChI=1S/C21H19N5OS/c1-14-7-6-10-17(15(14)2)22-19(27)13-28-20-12-11-18-23-24-21(26(18)25-20)16-8-4-3-5-9-16/h3-12H,13H2,1-2H3,(H,22,27). The summed E-state index contributed by atoms with van der Waals surface area (Å²) in [6.07, 6.45) is 0. The van der Waals surface area contributed by atoms with Gasteiger partial charge < -0.3 is 5.32 Å². The number of hydrogen-bond acceptors (Lipinski definition) is 5. The summed E-state index contributed by atoms with van der Waals surface area (Å²) in [5, 5.41) is 16.7. The average Bonchev–Trinajstić information content (AvgIpc) is 3.14. The SMILES string of the molecule is Cc1cccc(NC(=O)CSc2ccc3nnc(-c4ccccc4)n3n2)c1C. The highest BCUT2D eigenvalue weighted by Gasteiger charge is 2.11. The number of benzene rings is 2. The fourth-order valence-corrected chi connectivity index (χ4v) is 3.48. The van der Waals surface area contributed by atoms with E-state index in [1.54, 1.807) is 4.52 Å². The summed E-state index contributed by atoms with van der Waals surface area (Å²) in [6.45, 7) is 4.03. The molecule has 1 amide bonds. The molecule has 0 unspecified atom stereocenters. The third-order valence-corrected chi connectivity index (χ3v) is 5.42. The highest BCUT2D eigenvalue weighted by molar-refractivity contribution is 7.99. The predicted molar refractivity (Wildman–Crippen MR) is 111 cm³/mol. The van der Waals surface area contributed by atoms with Gasteiger partial charge in [-0.25, -0.2) is 0 Å². The molecule has 2 aromatic heterocycles. The van der Waals surface area contributed by atoms with E-state index in [1.165, 1.54) is 11.8 Å². The Kier molecular flexibility index (Phi) is 5.08. The molecule has 4 aromatic rings. The maximum absolute atomic E-state index is 12.4. The second-order valence-corrected chi connectivity index (χ2v) is 7.41. The van der Waals surface area contributed by atoms with E-state index in [1.807, 2.05) is 74.5 Å². The summed E-state index contributed by atoms with van der Waals surface area (Å²) in [4.78, 5) is 12.4. The Morgan fingerprint density at radius 3 is 2.64 bits per heavy atom. The molecule has 6 nitrogen and oxygen atoms in total. The normalized spacial score (nSPS) is 10.9. The number of nitrogens with zero attached hydrogens (tertiary/aromatic N) is 4. The zero-order valence-corrected chi connectivity index (χ0v) is 16.4. The van der Waals surface area contributed by atoms with E-state index >= 15 is 0 Å². The molecule has 0 saturated carbocycles. The summed E-state index contributed by atoms with van der Waals surface area (Å²) < 4.78 is 1.71. The molecular formula is C21H19N5OS. The first-order chi connectivity index (χ1) is 13.6. The first-order valence-electron chi connectivity index (χ1n) is 8.88. The molecule has 0 aliphatic rings. The lowest BCUT2D eigenvalue weighted by Crippen LogP contribution is -2.15. The van der Waals surface area contributed by atoms with Crippen molar-refractivity contribution in [1.82, 2.24) is 19.8 Å². The Balaban J connectivity index is 1.49. The topological polar surface area (TPSA) is 72.2 Å². The van der Waals surface area contributed by atoms with Crippen LogP contribution in [0.4, 0.5) is 5.69 Å². The van der Waals surface area contributed by atoms with Gasteiger partial charge >= 0.3 is 0 Å². The van der Waals surface area contributed by atoms with Crippen molar-refractivity contribution >= 4 is 29.0 Å². The van der Waals surface area contributed by atoms with Crippen LogP contribution in [0, 0.1) is 13.8 Å². The number of aromatic nitrogens is 4. The second kappa shape index (κ2) is 7.82. The maximum Gasteiger partial charge on any atom is 0.234 e. The minimum absolute atomic E-state index is 0.0624. The van der Waals surface area contributed by atoms with Gasteiger partial charge in [0.25, 0.3) is 0 Å². The number of amides is 1. The molecule has 0 atom stereocenters. The molecule has 2 heterocycles. The Labute approximate surface area is 167 Å². The van der Waals surface area contributed by atoms with Crippen LogP contribution in [0.3, 0.4) is 0 Å². The molecule has 140 valence electrons. The van der Waals surface area contributed by atoms with Crippen molar-refractivity contribution in [2.45, 2.75) is 18.9 Å². The highest BCUT2D eigenvalue weighted by atomic mass is 32.2. The van der Waals surface area contributed by atoms with Crippen molar-refractivity contribution < 1.29 is 4.79 Å². The smallest absolute Gasteiger partial charge is 0.234 e. The van der Waals surface area contributed by atoms with E-state index in [0.717, 1.165) is 27.4 Å². The molecule has 0 fully saturated rings. The number of fused-ring (bicyclic) bond motifs is 1. The van der Waals surface area contributed by atoms with Crippen LogP contribution in [0.25, 0.3) is 17.0 Å². The Morgan fingerprint density at radius 2 is 1.82 bits per heavy atom. The molecule has 2 aromatic carbocycles. The van der Waals surface area contributed by atoms with E-state index in [2.05, 4.69) is 20.6 Å². The van der Waals surface area contributed by atoms with Gasteiger partial charge in [-0.2, -0.15) is 9.61 Å². The molecular weight excluding hydrogens is 370 g/mol. The van der Waals surface area contributed by atoms with Crippen molar-refractivity contribution in [2.75, 3.05) is 11.1 Å². The van der Waals surface area contributed by atoms with Gasteiger partial charge in [0.15, 0.2) is 11.5 Å². The van der Waals surface area contributed by atoms with Crippen molar-refractivity contribution in [1.29, 1.82) is 0 Å². The second-order valence-electron chi connectivity index (χ2n) is 6.42. The van der Waals surface area contributed by atoms with Gasteiger partial charge in [-0.05, 0) is 43.2 Å². The van der Waals surface area contributed by atoms with Crippen LogP contribution in [0.2, 0.25) is 0 Å². The van der Waals surface area contributed by atoms with Gasteiger partial charge in [0.05, 0.1) is 5.75 Å². The van der Waals surface area contributed by atoms with E-state index in [9.17, 15) is 4.79 Å². The summed E-state index contributed by atoms with van der Waals surface area (Å²) in [7, 11) is 0. The molecule has 4 rings (SSSR count). The maximum atomic E-state index is 12.4. The minimum Gasteiger partial charge on any atom is -0.325 e. The predicted octanol–water partition coefficient (Wildman–Crippen LogP) is 4.14. The van der Waals surface area contributed by atoms with E-state index in [0.29, 0.717) is 11.5 Å². The molecule has 0 radical (unpaired) electrons. The first kappa shape index (κ1) is 18.2. The monoisotopic (exact) mass is 389 g/mol. The molecule has 0 saturated heterocycles. The summed E-state index contributed by atoms with van der Waals surface area (Å²) in [5.41, 5.74) is 4.69. The molecule has 0 aliphatic carbocycles. The fourth-order valence-electron chi connectivity index (χ4n) is 2.83. The molecule has 1 N–H and O–H groups in total. The number of carbonyl (C=O) groups is 1. The summed E-state index contributed by atoms with van der Waals surface area (Å²) >= 11 is 1.38. The van der Waals surface area contributed by atoms with Crippen molar-refractivity contribution in [3.8, 4) is 11.4 Å². The molecule has 28 heavy (non-hydrogen) atoms. The quantitative estimate of drug-likeness (QED) is 0.520. The van der Waals surface area contributed by atoms with Crippen LogP contribution in [0.5, 0.6) is 0 Å². The third-order valence-electron chi connectivity index (χ3n) is 4.50. The van der Waals surface area contributed by atoms with Crippen molar-refractivity contribution in [3.05, 3.63) is 71.8 Å². The number of carbonyl (C=O) groups excluding carboxylic acids is 1. The van der Waals surface area contributed by atoms with Crippen LogP contribution in [0.1, 0.15) is 11.1 Å². The number of thioether (sulfide) groups is 1. The van der Waals surface area contributed by atoms with Gasteiger partial charge in [0, 0.05) is 11.3 Å². The van der Waals surface area contributed by atoms with Crippen LogP contribution in [0.15, 0.2) is 65.7 Å². The van der Waals surface area contributed by atoms with Gasteiger partial charge in [-0.1, -0.05) is 54.2 Å². The highest BCUT2D eigenvalue weighted by Crippen LogP contribution is 2.22. The largest absolute Gasteiger partial charge is 0.325 e. The van der Waals surface area contributed by atoms with Gasteiger partial charge in [-0.3, -0.25) is 4.79 Å². The van der Waals surface area contributed by atoms with Crippen molar-refractivity contribution in [2.24, 2.45) is 0 Å². The lowest BCUT2D eigenvalue weighted by molar-refractivity contribution is -0.113. The molecule has 0 aliphatic heterocycles. The number of rotatable bonds is 5. The van der Waals surface area contributed by atoms with E-state index in [4.69, 9.17) is 0 Å². The van der Waals surface area contributed by atoms with Gasteiger partial charge in [-0.15, -0.1) is 10.2 Å². The third kappa shape index (κ3) is 3.75. The number of aryl methyl sites for hydroxylation is 1. The van der Waals surface area contributed by atoms with E-state index < -0.39 is 0 Å². The number of anilines is 1. The molecule has 7 heteroatoms. The molecule has 0 bridgehead atoms. The van der Waals surface area contributed by atoms with Crippen LogP contribution in [-0.2, 0) is 4.79 Å². The number of nitrogens with one attached hydrogen (secondary N) is 1. The Hall–Kier alpha value is -3.19. The molecule has 0 spiro atoms. The lowest BCUT2D eigenvalue weighted by atomic mass is 10.1. The summed E-state index contributed by atoms with van der Waals surface area (Å²) in [6, 6.07) is 19.4.